The number of thioether (sulfide) groups is 2. The van der Waals surface area contributed by atoms with Crippen molar-refractivity contribution in [2.75, 3.05) is 25.7 Å². The summed E-state index contributed by atoms with van der Waals surface area (Å²) in [4.78, 5) is 0.643. The molecule has 0 bridgehead atoms. The predicted octanol–water partition coefficient (Wildman–Crippen LogP) is 4.78. The van der Waals surface area contributed by atoms with Crippen molar-refractivity contribution < 1.29 is 18.3 Å². The number of benzene rings is 2. The number of ether oxygens (including phenoxy) is 2. The Morgan fingerprint density at radius 1 is 0.962 bits per heavy atom. The molecule has 1 heterocycles. The minimum atomic E-state index is -0.198. The molecule has 0 saturated heterocycles. The topological polar surface area (TPSA) is 57.4 Å². The predicted molar refractivity (Wildman–Crippen MR) is 101 cm³/mol. The maximum atomic E-state index is 13.6. The van der Waals surface area contributed by atoms with E-state index in [0.717, 1.165) is 17.1 Å². The average Bonchev–Trinajstić information content (AvgIpc) is 3.15. The number of halogens is 1. The van der Waals surface area contributed by atoms with Gasteiger partial charge in [-0.1, -0.05) is 23.9 Å². The monoisotopic (exact) mass is 392 g/mol. The molecule has 0 unspecified atom stereocenters. The summed E-state index contributed by atoms with van der Waals surface area (Å²) in [5.74, 6) is 2.91. The van der Waals surface area contributed by atoms with Gasteiger partial charge in [0.2, 0.25) is 5.89 Å². The van der Waals surface area contributed by atoms with E-state index in [1.165, 1.54) is 29.6 Å². The van der Waals surface area contributed by atoms with Crippen molar-refractivity contribution in [3.05, 3.63) is 48.3 Å². The molecule has 0 radical (unpaired) electrons. The van der Waals surface area contributed by atoms with Gasteiger partial charge in [0, 0.05) is 22.0 Å². The molecule has 26 heavy (non-hydrogen) atoms. The quantitative estimate of drug-likeness (QED) is 0.404. The smallest absolute Gasteiger partial charge is 0.276 e. The largest absolute Gasteiger partial charge is 0.493 e. The third-order valence-corrected chi connectivity index (χ3v) is 5.57. The Labute approximate surface area is 159 Å². The summed E-state index contributed by atoms with van der Waals surface area (Å²) in [5, 5.41) is 8.59. The van der Waals surface area contributed by atoms with Crippen molar-refractivity contribution in [3.63, 3.8) is 0 Å². The molecule has 0 aliphatic rings. The summed E-state index contributed by atoms with van der Waals surface area (Å²) in [7, 11) is 3.16. The highest BCUT2D eigenvalue weighted by Gasteiger charge is 2.12. The molecule has 136 valence electrons. The standard InChI is InChI=1S/C18H17FN2O3S2/c1-22-14-8-7-12(11-15(14)23-2)17-20-21-18(24-17)26-10-9-25-16-6-4-3-5-13(16)19/h3-8,11H,9-10H2,1-2H3. The van der Waals surface area contributed by atoms with Gasteiger partial charge in [0.05, 0.1) is 14.2 Å². The van der Waals surface area contributed by atoms with Crippen molar-refractivity contribution in [1.29, 1.82) is 0 Å². The van der Waals surface area contributed by atoms with Crippen LogP contribution in [0.15, 0.2) is 57.0 Å². The fourth-order valence-electron chi connectivity index (χ4n) is 2.20. The molecule has 5 nitrogen and oxygen atoms in total. The van der Waals surface area contributed by atoms with Crippen LogP contribution in [-0.2, 0) is 0 Å². The number of rotatable bonds is 8. The molecule has 0 N–H and O–H groups in total. The Kier molecular flexibility index (Phi) is 6.40. The van der Waals surface area contributed by atoms with Gasteiger partial charge in [-0.05, 0) is 30.3 Å². The maximum absolute atomic E-state index is 13.6. The van der Waals surface area contributed by atoms with E-state index >= 15 is 0 Å². The van der Waals surface area contributed by atoms with Crippen molar-refractivity contribution in [2.24, 2.45) is 0 Å². The molecular formula is C18H17FN2O3S2. The molecule has 0 aliphatic carbocycles. The zero-order chi connectivity index (χ0) is 18.4. The number of methoxy groups -OCH3 is 2. The first-order valence-electron chi connectivity index (χ1n) is 7.77. The number of hydrogen-bond acceptors (Lipinski definition) is 7. The van der Waals surface area contributed by atoms with Gasteiger partial charge >= 0.3 is 0 Å². The van der Waals surface area contributed by atoms with Gasteiger partial charge < -0.3 is 13.9 Å². The van der Waals surface area contributed by atoms with Gasteiger partial charge in [-0.2, -0.15) is 0 Å². The summed E-state index contributed by atoms with van der Waals surface area (Å²) in [6, 6.07) is 12.1. The van der Waals surface area contributed by atoms with Gasteiger partial charge in [0.25, 0.3) is 5.22 Å². The Hall–Kier alpha value is -2.19. The van der Waals surface area contributed by atoms with Gasteiger partial charge in [-0.25, -0.2) is 4.39 Å². The molecule has 0 amide bonds. The highest BCUT2D eigenvalue weighted by molar-refractivity contribution is 8.02. The third-order valence-electron chi connectivity index (χ3n) is 3.44. The van der Waals surface area contributed by atoms with Crippen LogP contribution in [-0.4, -0.2) is 35.9 Å². The van der Waals surface area contributed by atoms with Crippen molar-refractivity contribution in [1.82, 2.24) is 10.2 Å². The van der Waals surface area contributed by atoms with Crippen LogP contribution in [0.4, 0.5) is 4.39 Å². The maximum Gasteiger partial charge on any atom is 0.276 e. The van der Waals surface area contributed by atoms with Crippen LogP contribution in [0.1, 0.15) is 0 Å². The SMILES string of the molecule is COc1ccc(-c2nnc(SCCSc3ccccc3F)o2)cc1OC. The van der Waals surface area contributed by atoms with Crippen molar-refractivity contribution in [2.45, 2.75) is 10.1 Å². The lowest BCUT2D eigenvalue weighted by Gasteiger charge is -2.07. The van der Waals surface area contributed by atoms with Crippen LogP contribution in [0.2, 0.25) is 0 Å². The van der Waals surface area contributed by atoms with Crippen LogP contribution >= 0.6 is 23.5 Å². The lowest BCUT2D eigenvalue weighted by Crippen LogP contribution is -1.90. The lowest BCUT2D eigenvalue weighted by atomic mass is 10.2. The highest BCUT2D eigenvalue weighted by atomic mass is 32.2. The molecule has 8 heteroatoms. The number of nitrogens with zero attached hydrogens (tertiary/aromatic N) is 2. The third kappa shape index (κ3) is 4.50. The van der Waals surface area contributed by atoms with Crippen LogP contribution < -0.4 is 9.47 Å². The van der Waals surface area contributed by atoms with Crippen LogP contribution in [0.5, 0.6) is 11.5 Å². The second-order valence-corrected chi connectivity index (χ2v) is 7.25. The molecule has 0 spiro atoms. The molecule has 0 fully saturated rings. The molecule has 0 saturated carbocycles. The Bertz CT molecular complexity index is 873. The minimum Gasteiger partial charge on any atom is -0.493 e. The van der Waals surface area contributed by atoms with Crippen LogP contribution in [0.3, 0.4) is 0 Å². The van der Waals surface area contributed by atoms with Gasteiger partial charge in [-0.15, -0.1) is 22.0 Å². The van der Waals surface area contributed by atoms with E-state index in [0.29, 0.717) is 27.5 Å². The Morgan fingerprint density at radius 2 is 1.73 bits per heavy atom. The fraction of sp³-hybridized carbons (Fsp3) is 0.222. The molecule has 3 aromatic rings. The molecule has 3 rings (SSSR count). The van der Waals surface area contributed by atoms with E-state index in [2.05, 4.69) is 10.2 Å². The lowest BCUT2D eigenvalue weighted by molar-refractivity contribution is 0.355. The summed E-state index contributed by atoms with van der Waals surface area (Å²) >= 11 is 2.90. The van der Waals surface area contributed by atoms with Crippen molar-refractivity contribution >= 4 is 23.5 Å². The van der Waals surface area contributed by atoms with E-state index < -0.39 is 0 Å². The molecule has 1 aromatic heterocycles. The van der Waals surface area contributed by atoms with Gasteiger partial charge in [0.1, 0.15) is 5.82 Å². The summed E-state index contributed by atoms with van der Waals surface area (Å²) in [5.41, 5.74) is 0.753. The zero-order valence-electron chi connectivity index (χ0n) is 14.3. The van der Waals surface area contributed by atoms with E-state index in [4.69, 9.17) is 13.9 Å². The fourth-order valence-corrected chi connectivity index (χ4v) is 3.87. The van der Waals surface area contributed by atoms with Crippen LogP contribution in [0.25, 0.3) is 11.5 Å². The zero-order valence-corrected chi connectivity index (χ0v) is 15.9. The first-order chi connectivity index (χ1) is 12.7. The molecule has 2 aromatic carbocycles. The highest BCUT2D eigenvalue weighted by Crippen LogP contribution is 2.33. The normalized spacial score (nSPS) is 10.7. The van der Waals surface area contributed by atoms with Crippen molar-refractivity contribution in [3.8, 4) is 23.0 Å². The first-order valence-corrected chi connectivity index (χ1v) is 9.74. The van der Waals surface area contributed by atoms with E-state index in [1.807, 2.05) is 12.1 Å². The summed E-state index contributed by atoms with van der Waals surface area (Å²) in [6.45, 7) is 0. The average molecular weight is 392 g/mol. The number of hydrogen-bond donors (Lipinski definition) is 0. The van der Waals surface area contributed by atoms with E-state index in [-0.39, 0.29) is 5.82 Å². The van der Waals surface area contributed by atoms with Crippen LogP contribution in [0, 0.1) is 5.82 Å². The summed E-state index contributed by atoms with van der Waals surface area (Å²) < 4.78 is 29.7. The Morgan fingerprint density at radius 3 is 2.50 bits per heavy atom. The first kappa shape index (κ1) is 18.6. The van der Waals surface area contributed by atoms with Gasteiger partial charge in [0.15, 0.2) is 11.5 Å². The molecule has 0 aliphatic heterocycles. The van der Waals surface area contributed by atoms with E-state index in [9.17, 15) is 4.39 Å². The summed E-state index contributed by atoms with van der Waals surface area (Å²) in [6.07, 6.45) is 0. The van der Waals surface area contributed by atoms with Gasteiger partial charge in [-0.3, -0.25) is 0 Å². The van der Waals surface area contributed by atoms with E-state index in [1.54, 1.807) is 38.5 Å². The second-order valence-electron chi connectivity index (χ2n) is 5.07. The minimum absolute atomic E-state index is 0.198. The molecular weight excluding hydrogens is 375 g/mol. The molecule has 0 atom stereocenters. The Balaban J connectivity index is 1.57. The second kappa shape index (κ2) is 8.95. The number of aromatic nitrogens is 2.